The SMILES string of the molecule is C#CCNC(=O)[C@H](CCCCNC(=O)OCc1ccccc1)NC(=O)[C@H](CCC(=O)OCc1ccccc1)NC(=O)c1ccccc1N=[N+]=[N-]. The van der Waals surface area contributed by atoms with Crippen LogP contribution < -0.4 is 21.3 Å². The van der Waals surface area contributed by atoms with Crippen molar-refractivity contribution >= 4 is 35.5 Å². The van der Waals surface area contributed by atoms with Gasteiger partial charge >= 0.3 is 12.1 Å². The monoisotopic (exact) mass is 681 g/mol. The lowest BCUT2D eigenvalue weighted by atomic mass is 10.1. The van der Waals surface area contributed by atoms with E-state index in [0.29, 0.717) is 12.8 Å². The van der Waals surface area contributed by atoms with Crippen molar-refractivity contribution in [3.05, 3.63) is 112 Å². The summed E-state index contributed by atoms with van der Waals surface area (Å²) >= 11 is 0. The van der Waals surface area contributed by atoms with Crippen LogP contribution in [0.3, 0.4) is 0 Å². The highest BCUT2D eigenvalue weighted by Gasteiger charge is 2.28. The maximum Gasteiger partial charge on any atom is 0.407 e. The lowest BCUT2D eigenvalue weighted by Crippen LogP contribution is -2.54. The van der Waals surface area contributed by atoms with Gasteiger partial charge in [-0.3, -0.25) is 19.2 Å². The van der Waals surface area contributed by atoms with Crippen molar-refractivity contribution < 1.29 is 33.4 Å². The molecule has 0 aliphatic heterocycles. The number of ether oxygens (including phenoxy) is 2. The first-order valence-corrected chi connectivity index (χ1v) is 15.9. The van der Waals surface area contributed by atoms with Gasteiger partial charge in [0.05, 0.1) is 12.2 Å². The maximum absolute atomic E-state index is 13.6. The normalized spacial score (nSPS) is 11.3. The van der Waals surface area contributed by atoms with Crippen molar-refractivity contribution in [1.82, 2.24) is 21.3 Å². The number of unbranched alkanes of at least 4 members (excludes halogenated alkanes) is 1. The minimum atomic E-state index is -1.28. The molecule has 14 heteroatoms. The molecular formula is C36H39N7O7. The van der Waals surface area contributed by atoms with Gasteiger partial charge in [-0.1, -0.05) is 89.9 Å². The molecule has 2 atom stereocenters. The second kappa shape index (κ2) is 21.5. The van der Waals surface area contributed by atoms with Gasteiger partial charge in [-0.15, -0.1) is 6.42 Å². The van der Waals surface area contributed by atoms with E-state index >= 15 is 0 Å². The number of nitrogens with zero attached hydrogens (tertiary/aromatic N) is 3. The third-order valence-corrected chi connectivity index (χ3v) is 7.20. The first-order chi connectivity index (χ1) is 24.3. The van der Waals surface area contributed by atoms with Crippen molar-refractivity contribution in [2.45, 2.75) is 57.4 Å². The van der Waals surface area contributed by atoms with Gasteiger partial charge in [0.2, 0.25) is 11.8 Å². The summed E-state index contributed by atoms with van der Waals surface area (Å²) in [7, 11) is 0. The van der Waals surface area contributed by atoms with E-state index in [1.807, 2.05) is 36.4 Å². The second-order valence-corrected chi connectivity index (χ2v) is 10.9. The number of benzene rings is 3. The van der Waals surface area contributed by atoms with E-state index in [1.165, 1.54) is 12.1 Å². The van der Waals surface area contributed by atoms with E-state index < -0.39 is 41.9 Å². The van der Waals surface area contributed by atoms with E-state index in [-0.39, 0.29) is 56.8 Å². The van der Waals surface area contributed by atoms with E-state index in [0.717, 1.165) is 11.1 Å². The molecule has 0 heterocycles. The quantitative estimate of drug-likeness (QED) is 0.0354. The predicted molar refractivity (Wildman–Crippen MR) is 184 cm³/mol. The van der Waals surface area contributed by atoms with Gasteiger partial charge in [-0.05, 0) is 48.4 Å². The lowest BCUT2D eigenvalue weighted by Gasteiger charge is -2.23. The predicted octanol–water partition coefficient (Wildman–Crippen LogP) is 4.58. The topological polar surface area (TPSA) is 201 Å². The second-order valence-electron chi connectivity index (χ2n) is 10.9. The molecule has 0 aromatic heterocycles. The number of hydrogen-bond acceptors (Lipinski definition) is 8. The van der Waals surface area contributed by atoms with Crippen LogP contribution in [0.1, 0.15) is 53.6 Å². The summed E-state index contributed by atoms with van der Waals surface area (Å²) in [5.41, 5.74) is 10.6. The van der Waals surface area contributed by atoms with Crippen LogP contribution >= 0.6 is 0 Å². The van der Waals surface area contributed by atoms with E-state index in [4.69, 9.17) is 21.4 Å². The fourth-order valence-electron chi connectivity index (χ4n) is 4.62. The molecular weight excluding hydrogens is 642 g/mol. The van der Waals surface area contributed by atoms with Gasteiger partial charge in [-0.2, -0.15) is 0 Å². The average Bonchev–Trinajstić information content (AvgIpc) is 3.14. The summed E-state index contributed by atoms with van der Waals surface area (Å²) in [5, 5.41) is 14.0. The highest BCUT2D eigenvalue weighted by molar-refractivity contribution is 6.01. The van der Waals surface area contributed by atoms with Gasteiger partial charge < -0.3 is 30.7 Å². The fourth-order valence-corrected chi connectivity index (χ4v) is 4.62. The van der Waals surface area contributed by atoms with E-state index in [9.17, 15) is 24.0 Å². The zero-order chi connectivity index (χ0) is 36.0. The Morgan fingerprint density at radius 1 is 0.760 bits per heavy atom. The van der Waals surface area contributed by atoms with Gasteiger partial charge in [-0.25, -0.2) is 4.79 Å². The Hall–Kier alpha value is -6.32. The maximum atomic E-state index is 13.6. The molecule has 0 aliphatic carbocycles. The Morgan fingerprint density at radius 3 is 2.04 bits per heavy atom. The molecule has 0 unspecified atom stereocenters. The summed E-state index contributed by atoms with van der Waals surface area (Å²) in [6.45, 7) is 0.327. The Bertz CT molecular complexity index is 1670. The number of terminal acetylenes is 1. The van der Waals surface area contributed by atoms with Crippen LogP contribution in [-0.4, -0.2) is 55.0 Å². The molecule has 0 radical (unpaired) electrons. The average molecular weight is 682 g/mol. The van der Waals surface area contributed by atoms with Crippen LogP contribution in [0, 0.1) is 12.3 Å². The first-order valence-electron chi connectivity index (χ1n) is 15.9. The Labute approximate surface area is 289 Å². The molecule has 14 nitrogen and oxygen atoms in total. The number of hydrogen-bond donors (Lipinski definition) is 4. The van der Waals surface area contributed by atoms with Gasteiger partial charge in [0.1, 0.15) is 25.3 Å². The van der Waals surface area contributed by atoms with Crippen LogP contribution in [0.5, 0.6) is 0 Å². The number of rotatable bonds is 19. The summed E-state index contributed by atoms with van der Waals surface area (Å²) in [5.74, 6) is -0.311. The number of carbonyl (C=O) groups is 5. The minimum Gasteiger partial charge on any atom is -0.461 e. The third kappa shape index (κ3) is 13.8. The van der Waals surface area contributed by atoms with Crippen molar-refractivity contribution in [2.24, 2.45) is 5.11 Å². The first kappa shape index (κ1) is 38.1. The summed E-state index contributed by atoms with van der Waals surface area (Å²) in [6.07, 6.45) is 5.36. The van der Waals surface area contributed by atoms with Crippen molar-refractivity contribution in [1.29, 1.82) is 0 Å². The van der Waals surface area contributed by atoms with Gasteiger partial charge in [0.15, 0.2) is 0 Å². The molecule has 0 saturated carbocycles. The Balaban J connectivity index is 1.63. The van der Waals surface area contributed by atoms with Gasteiger partial charge in [0, 0.05) is 23.4 Å². The van der Waals surface area contributed by atoms with Crippen LogP contribution in [0.25, 0.3) is 10.4 Å². The lowest BCUT2D eigenvalue weighted by molar-refractivity contribution is -0.145. The summed E-state index contributed by atoms with van der Waals surface area (Å²) in [6, 6.07) is 21.9. The fraction of sp³-hybridized carbons (Fsp3) is 0.306. The number of carbonyl (C=O) groups excluding carboxylic acids is 5. The van der Waals surface area contributed by atoms with E-state index in [1.54, 1.807) is 36.4 Å². The standard InChI is InChI=1S/C36H39N7O7/c1-2-22-38-34(46)30(19-11-12-23-39-36(48)50-25-27-15-7-4-8-16-27)41-35(47)31(20-21-32(44)49-24-26-13-5-3-6-14-26)40-33(45)28-17-9-10-18-29(28)42-43-37/h1,3-10,13-18,30-31H,11-12,19-25H2,(H,38,46)(H,39,48)(H,40,45)(H,41,47)/t30-,31-/m0/s1. The Morgan fingerprint density at radius 2 is 1.38 bits per heavy atom. The molecule has 0 aliphatic rings. The number of alkyl carbamates (subject to hydrolysis) is 1. The molecule has 0 saturated heterocycles. The molecule has 3 aromatic rings. The third-order valence-electron chi connectivity index (χ3n) is 7.20. The zero-order valence-corrected chi connectivity index (χ0v) is 27.4. The smallest absolute Gasteiger partial charge is 0.407 e. The number of esters is 1. The molecule has 0 bridgehead atoms. The number of amides is 4. The zero-order valence-electron chi connectivity index (χ0n) is 27.4. The number of nitrogens with one attached hydrogen (secondary N) is 4. The molecule has 3 aromatic carbocycles. The van der Waals surface area contributed by atoms with Crippen molar-refractivity contribution in [3.8, 4) is 12.3 Å². The molecule has 50 heavy (non-hydrogen) atoms. The molecule has 4 amide bonds. The summed E-state index contributed by atoms with van der Waals surface area (Å²) < 4.78 is 10.5. The van der Waals surface area contributed by atoms with Crippen LogP contribution in [0.15, 0.2) is 90.0 Å². The highest BCUT2D eigenvalue weighted by Crippen LogP contribution is 2.19. The van der Waals surface area contributed by atoms with Crippen LogP contribution in [0.4, 0.5) is 10.5 Å². The Kier molecular flexibility index (Phi) is 16.4. The van der Waals surface area contributed by atoms with Crippen molar-refractivity contribution in [3.63, 3.8) is 0 Å². The largest absolute Gasteiger partial charge is 0.461 e. The molecule has 260 valence electrons. The number of azide groups is 1. The molecule has 0 spiro atoms. The van der Waals surface area contributed by atoms with Crippen LogP contribution in [-0.2, 0) is 37.1 Å². The highest BCUT2D eigenvalue weighted by atomic mass is 16.5. The molecule has 3 rings (SSSR count). The summed E-state index contributed by atoms with van der Waals surface area (Å²) in [4.78, 5) is 67.3. The van der Waals surface area contributed by atoms with E-state index in [2.05, 4.69) is 37.2 Å². The minimum absolute atomic E-state index is 0.00728. The molecule has 0 fully saturated rings. The van der Waals surface area contributed by atoms with Crippen molar-refractivity contribution in [2.75, 3.05) is 13.1 Å². The van der Waals surface area contributed by atoms with Gasteiger partial charge in [0.25, 0.3) is 5.91 Å². The van der Waals surface area contributed by atoms with Crippen LogP contribution in [0.2, 0.25) is 0 Å². The molecule has 4 N–H and O–H groups in total.